The number of carbonyl (C=O) groups is 1. The second-order valence-electron chi connectivity index (χ2n) is 9.38. The van der Waals surface area contributed by atoms with Gasteiger partial charge in [0, 0.05) is 0 Å². The van der Waals surface area contributed by atoms with Crippen LogP contribution in [0.3, 0.4) is 0 Å². The number of fused-ring (bicyclic) bond motifs is 3. The van der Waals surface area contributed by atoms with E-state index in [4.69, 9.17) is 0 Å². The molecule has 3 aliphatic carbocycles. The lowest BCUT2D eigenvalue weighted by Crippen LogP contribution is -2.57. The van der Waals surface area contributed by atoms with E-state index in [-0.39, 0.29) is 10.8 Å². The van der Waals surface area contributed by atoms with E-state index in [1.54, 1.807) is 0 Å². The quantitative estimate of drug-likeness (QED) is 0.723. The molecule has 0 aliphatic heterocycles. The van der Waals surface area contributed by atoms with Crippen molar-refractivity contribution in [1.29, 1.82) is 0 Å². The van der Waals surface area contributed by atoms with E-state index < -0.39 is 6.10 Å². The molecule has 124 valence electrons. The lowest BCUT2D eigenvalue weighted by Gasteiger charge is -2.64. The normalized spacial score (nSPS) is 47.6. The minimum atomic E-state index is -0.432. The molecule has 0 radical (unpaired) electrons. The molecule has 0 unspecified atom stereocenters. The van der Waals surface area contributed by atoms with Crippen molar-refractivity contribution in [1.82, 2.24) is 0 Å². The van der Waals surface area contributed by atoms with Gasteiger partial charge >= 0.3 is 0 Å². The minimum absolute atomic E-state index is 0.0380. The predicted octanol–water partition coefficient (Wildman–Crippen LogP) is 4.52. The SMILES string of the molecule is CC1=C(C=O)[C@]2(C)CC[C@H]3C(C)(C)CCC[C@]3(C)[C@H]2C[C@@H]1O. The van der Waals surface area contributed by atoms with Crippen LogP contribution in [0.15, 0.2) is 11.1 Å². The third kappa shape index (κ3) is 1.99. The number of aliphatic hydroxyl groups is 1. The lowest BCUT2D eigenvalue weighted by molar-refractivity contribution is -0.137. The van der Waals surface area contributed by atoms with Crippen LogP contribution in [0.2, 0.25) is 0 Å². The van der Waals surface area contributed by atoms with Crippen LogP contribution >= 0.6 is 0 Å². The summed E-state index contributed by atoms with van der Waals surface area (Å²) >= 11 is 0. The standard InChI is InChI=1S/C20H32O2/c1-13-14(12-21)19(4)10-7-16-18(2,3)8-6-9-20(16,5)17(19)11-15(13)22/h12,15-17,22H,6-11H2,1-5H3/t15-,16-,17-,19-,20-/m0/s1. The third-order valence-corrected chi connectivity index (χ3v) is 7.91. The molecule has 3 aliphatic rings. The summed E-state index contributed by atoms with van der Waals surface area (Å²) in [5, 5.41) is 10.6. The van der Waals surface area contributed by atoms with Gasteiger partial charge in [-0.3, -0.25) is 4.79 Å². The zero-order valence-corrected chi connectivity index (χ0v) is 14.9. The molecule has 2 heteroatoms. The summed E-state index contributed by atoms with van der Waals surface area (Å²) in [5.41, 5.74) is 2.43. The van der Waals surface area contributed by atoms with Crippen LogP contribution in [0.1, 0.15) is 73.1 Å². The molecular weight excluding hydrogens is 272 g/mol. The molecule has 0 aromatic heterocycles. The van der Waals surface area contributed by atoms with Crippen molar-refractivity contribution in [3.8, 4) is 0 Å². The Hall–Kier alpha value is -0.630. The number of rotatable bonds is 1. The van der Waals surface area contributed by atoms with E-state index in [1.807, 2.05) is 6.92 Å². The van der Waals surface area contributed by atoms with Gasteiger partial charge in [-0.2, -0.15) is 0 Å². The van der Waals surface area contributed by atoms with Gasteiger partial charge in [-0.25, -0.2) is 0 Å². The Morgan fingerprint density at radius 2 is 1.77 bits per heavy atom. The van der Waals surface area contributed by atoms with Crippen LogP contribution in [-0.4, -0.2) is 17.5 Å². The molecule has 0 spiro atoms. The van der Waals surface area contributed by atoms with Crippen molar-refractivity contribution in [2.75, 3.05) is 0 Å². The Morgan fingerprint density at radius 3 is 2.41 bits per heavy atom. The van der Waals surface area contributed by atoms with Gasteiger partial charge < -0.3 is 5.11 Å². The van der Waals surface area contributed by atoms with Crippen molar-refractivity contribution >= 4 is 6.29 Å². The zero-order chi connectivity index (χ0) is 16.3. The predicted molar refractivity (Wildman–Crippen MR) is 89.4 cm³/mol. The largest absolute Gasteiger partial charge is 0.389 e. The zero-order valence-electron chi connectivity index (χ0n) is 14.9. The molecule has 1 N–H and O–H groups in total. The summed E-state index contributed by atoms with van der Waals surface area (Å²) in [6.45, 7) is 11.6. The van der Waals surface area contributed by atoms with E-state index in [9.17, 15) is 9.90 Å². The van der Waals surface area contributed by atoms with E-state index in [1.165, 1.54) is 25.7 Å². The second-order valence-corrected chi connectivity index (χ2v) is 9.38. The molecule has 2 fully saturated rings. The van der Waals surface area contributed by atoms with Crippen LogP contribution in [0.25, 0.3) is 0 Å². The lowest BCUT2D eigenvalue weighted by atomic mass is 9.40. The summed E-state index contributed by atoms with van der Waals surface area (Å²) in [6.07, 6.45) is 7.61. The van der Waals surface area contributed by atoms with Crippen LogP contribution in [0, 0.1) is 28.1 Å². The smallest absolute Gasteiger partial charge is 0.146 e. The first-order valence-electron chi connectivity index (χ1n) is 9.01. The first-order valence-corrected chi connectivity index (χ1v) is 9.01. The average Bonchev–Trinajstić information content (AvgIpc) is 2.41. The van der Waals surface area contributed by atoms with Gasteiger partial charge in [-0.05, 0) is 78.3 Å². The summed E-state index contributed by atoms with van der Waals surface area (Å²) in [5.74, 6) is 1.14. The summed E-state index contributed by atoms with van der Waals surface area (Å²) in [4.78, 5) is 11.8. The van der Waals surface area contributed by atoms with E-state index in [2.05, 4.69) is 27.7 Å². The Bertz CT molecular complexity index is 518. The van der Waals surface area contributed by atoms with Crippen LogP contribution in [0.5, 0.6) is 0 Å². The molecule has 2 saturated carbocycles. The molecule has 0 saturated heterocycles. The molecule has 0 aromatic rings. The highest BCUT2D eigenvalue weighted by atomic mass is 16.3. The minimum Gasteiger partial charge on any atom is -0.389 e. The van der Waals surface area contributed by atoms with Crippen molar-refractivity contribution in [2.24, 2.45) is 28.1 Å². The highest BCUT2D eigenvalue weighted by Crippen LogP contribution is 2.67. The third-order valence-electron chi connectivity index (χ3n) is 7.91. The molecule has 0 aromatic carbocycles. The van der Waals surface area contributed by atoms with Crippen LogP contribution in [0.4, 0.5) is 0 Å². The Kier molecular flexibility index (Phi) is 3.64. The van der Waals surface area contributed by atoms with Crippen LogP contribution < -0.4 is 0 Å². The van der Waals surface area contributed by atoms with Crippen molar-refractivity contribution < 1.29 is 9.90 Å². The van der Waals surface area contributed by atoms with E-state index in [0.717, 1.165) is 30.3 Å². The maximum absolute atomic E-state index is 11.8. The molecule has 0 bridgehead atoms. The number of carbonyl (C=O) groups excluding carboxylic acids is 1. The first-order chi connectivity index (χ1) is 10.2. The van der Waals surface area contributed by atoms with Gasteiger partial charge in [-0.1, -0.05) is 34.1 Å². The van der Waals surface area contributed by atoms with Crippen molar-refractivity contribution in [3.05, 3.63) is 11.1 Å². The Labute approximate surface area is 135 Å². The highest BCUT2D eigenvalue weighted by Gasteiger charge is 2.60. The van der Waals surface area contributed by atoms with Gasteiger partial charge in [0.2, 0.25) is 0 Å². The van der Waals surface area contributed by atoms with Crippen molar-refractivity contribution in [3.63, 3.8) is 0 Å². The number of hydrogen-bond donors (Lipinski definition) is 1. The summed E-state index contributed by atoms with van der Waals surface area (Å²) in [7, 11) is 0. The number of hydrogen-bond acceptors (Lipinski definition) is 2. The topological polar surface area (TPSA) is 37.3 Å². The van der Waals surface area contributed by atoms with Gasteiger partial charge in [0.25, 0.3) is 0 Å². The highest BCUT2D eigenvalue weighted by molar-refractivity contribution is 5.77. The molecule has 0 amide bonds. The number of allylic oxidation sites excluding steroid dienone is 1. The monoisotopic (exact) mass is 304 g/mol. The van der Waals surface area contributed by atoms with Gasteiger partial charge in [-0.15, -0.1) is 0 Å². The number of aldehydes is 1. The van der Waals surface area contributed by atoms with Crippen LogP contribution in [-0.2, 0) is 4.79 Å². The fraction of sp³-hybridized carbons (Fsp3) is 0.850. The van der Waals surface area contributed by atoms with Gasteiger partial charge in [0.05, 0.1) is 6.10 Å². The summed E-state index contributed by atoms with van der Waals surface area (Å²) in [6, 6.07) is 0. The first kappa shape index (κ1) is 16.2. The molecule has 22 heavy (non-hydrogen) atoms. The van der Waals surface area contributed by atoms with E-state index >= 15 is 0 Å². The molecule has 3 rings (SSSR count). The fourth-order valence-corrected chi connectivity index (χ4v) is 6.76. The Balaban J connectivity index is 2.10. The average molecular weight is 304 g/mol. The van der Waals surface area contributed by atoms with Gasteiger partial charge in [0.15, 0.2) is 0 Å². The Morgan fingerprint density at radius 1 is 1.09 bits per heavy atom. The molecule has 5 atom stereocenters. The van der Waals surface area contributed by atoms with Crippen molar-refractivity contribution in [2.45, 2.75) is 79.2 Å². The molecular formula is C20H32O2. The van der Waals surface area contributed by atoms with Gasteiger partial charge in [0.1, 0.15) is 6.29 Å². The maximum atomic E-state index is 11.8. The number of aliphatic hydroxyl groups excluding tert-OH is 1. The fourth-order valence-electron chi connectivity index (χ4n) is 6.76. The van der Waals surface area contributed by atoms with E-state index in [0.29, 0.717) is 17.3 Å². The second kappa shape index (κ2) is 4.93. The maximum Gasteiger partial charge on any atom is 0.146 e. The summed E-state index contributed by atoms with van der Waals surface area (Å²) < 4.78 is 0. The molecule has 0 heterocycles. The molecule has 2 nitrogen and oxygen atoms in total.